The summed E-state index contributed by atoms with van der Waals surface area (Å²) >= 11 is 2.24. The first-order valence-electron chi connectivity index (χ1n) is 5.43. The van der Waals surface area contributed by atoms with Crippen molar-refractivity contribution in [2.75, 3.05) is 0 Å². The molecule has 5 nitrogen and oxygen atoms in total. The van der Waals surface area contributed by atoms with Crippen LogP contribution in [0.4, 0.5) is 5.69 Å². The molecular weight excluding hydrogens is 286 g/mol. The predicted molar refractivity (Wildman–Crippen MR) is 77.0 cm³/mol. The largest absolute Gasteiger partial charge is 0.288 e. The molecule has 1 rings (SSSR count). The molecule has 0 radical (unpaired) electrons. The van der Waals surface area contributed by atoms with Crippen LogP contribution >= 0.6 is 23.5 Å². The summed E-state index contributed by atoms with van der Waals surface area (Å²) in [5.74, 6) is 0.839. The number of nitro benzene ring substituents is 1. The fraction of sp³-hybridized carbons (Fsp3) is 0.333. The van der Waals surface area contributed by atoms with Crippen LogP contribution in [-0.2, 0) is 21.1 Å². The zero-order valence-electron chi connectivity index (χ0n) is 10.5. The molecule has 0 saturated carbocycles. The molecule has 102 valence electrons. The Hall–Kier alpha value is -1.34. The molecule has 0 heterocycles. The minimum Gasteiger partial charge on any atom is -0.288 e. The maximum Gasteiger partial charge on any atom is 0.269 e. The van der Waals surface area contributed by atoms with E-state index in [2.05, 4.69) is 0 Å². The first kappa shape index (κ1) is 15.7. The fourth-order valence-corrected chi connectivity index (χ4v) is 2.63. The Morgan fingerprint density at radius 3 is 2.11 bits per heavy atom. The van der Waals surface area contributed by atoms with Gasteiger partial charge in [0, 0.05) is 37.5 Å². The van der Waals surface area contributed by atoms with E-state index in [-0.39, 0.29) is 15.9 Å². The molecule has 0 saturated heterocycles. The van der Waals surface area contributed by atoms with Crippen molar-refractivity contribution < 1.29 is 14.5 Å². The lowest BCUT2D eigenvalue weighted by Gasteiger charge is -2.07. The van der Waals surface area contributed by atoms with Crippen LogP contribution in [0.2, 0.25) is 0 Å². The normalized spacial score (nSPS) is 10.2. The second-order valence-electron chi connectivity index (χ2n) is 3.77. The van der Waals surface area contributed by atoms with Crippen molar-refractivity contribution in [3.8, 4) is 0 Å². The van der Waals surface area contributed by atoms with E-state index in [1.54, 1.807) is 6.07 Å². The number of hydrogen-bond acceptors (Lipinski definition) is 6. The summed E-state index contributed by atoms with van der Waals surface area (Å²) in [5, 5.41) is 10.7. The summed E-state index contributed by atoms with van der Waals surface area (Å²) in [6.07, 6.45) is 0. The van der Waals surface area contributed by atoms with Gasteiger partial charge in [-0.25, -0.2) is 0 Å². The number of thioether (sulfide) groups is 2. The van der Waals surface area contributed by atoms with E-state index in [1.165, 1.54) is 26.0 Å². The van der Waals surface area contributed by atoms with E-state index in [1.807, 2.05) is 0 Å². The van der Waals surface area contributed by atoms with Crippen LogP contribution in [0.25, 0.3) is 0 Å². The average Bonchev–Trinajstić information content (AvgIpc) is 2.33. The van der Waals surface area contributed by atoms with Crippen LogP contribution in [-0.4, -0.2) is 15.2 Å². The van der Waals surface area contributed by atoms with Crippen LogP contribution in [0.5, 0.6) is 0 Å². The molecule has 19 heavy (non-hydrogen) atoms. The highest BCUT2D eigenvalue weighted by Crippen LogP contribution is 2.25. The Bertz CT molecular complexity index is 516. The molecule has 1 aromatic rings. The molecule has 0 aliphatic rings. The Morgan fingerprint density at radius 2 is 1.63 bits per heavy atom. The van der Waals surface area contributed by atoms with E-state index >= 15 is 0 Å². The Labute approximate surface area is 119 Å². The summed E-state index contributed by atoms with van der Waals surface area (Å²) in [6.45, 7) is 2.92. The van der Waals surface area contributed by atoms with Crippen molar-refractivity contribution in [3.63, 3.8) is 0 Å². The SMILES string of the molecule is CC(=O)SCc1ccc([N+](=O)[O-])cc1CSC(C)=O. The molecule has 0 bridgehead atoms. The lowest BCUT2D eigenvalue weighted by molar-refractivity contribution is -0.384. The number of rotatable bonds is 5. The number of carbonyl (C=O) groups is 2. The van der Waals surface area contributed by atoms with Gasteiger partial charge in [0.25, 0.3) is 5.69 Å². The van der Waals surface area contributed by atoms with Gasteiger partial charge >= 0.3 is 0 Å². The van der Waals surface area contributed by atoms with Gasteiger partial charge in [-0.2, -0.15) is 0 Å². The highest BCUT2D eigenvalue weighted by atomic mass is 32.2. The highest BCUT2D eigenvalue weighted by Gasteiger charge is 2.12. The van der Waals surface area contributed by atoms with E-state index in [0.29, 0.717) is 11.5 Å². The maximum atomic E-state index is 11.0. The molecule has 0 N–H and O–H groups in total. The number of carbonyl (C=O) groups excluding carboxylic acids is 2. The van der Waals surface area contributed by atoms with Gasteiger partial charge in [-0.1, -0.05) is 29.6 Å². The second-order valence-corrected chi connectivity index (χ2v) is 6.08. The average molecular weight is 299 g/mol. The van der Waals surface area contributed by atoms with Gasteiger partial charge in [-0.15, -0.1) is 0 Å². The third kappa shape index (κ3) is 5.44. The summed E-state index contributed by atoms with van der Waals surface area (Å²) in [5.41, 5.74) is 1.57. The zero-order valence-corrected chi connectivity index (χ0v) is 12.2. The van der Waals surface area contributed by atoms with Crippen molar-refractivity contribution in [1.29, 1.82) is 0 Å². The highest BCUT2D eigenvalue weighted by molar-refractivity contribution is 8.13. The molecule has 0 unspecified atom stereocenters. The van der Waals surface area contributed by atoms with E-state index in [9.17, 15) is 19.7 Å². The fourth-order valence-electron chi connectivity index (χ4n) is 1.36. The van der Waals surface area contributed by atoms with Crippen LogP contribution in [0.3, 0.4) is 0 Å². The van der Waals surface area contributed by atoms with Crippen molar-refractivity contribution in [1.82, 2.24) is 0 Å². The molecule has 0 atom stereocenters. The number of hydrogen-bond donors (Lipinski definition) is 0. The van der Waals surface area contributed by atoms with Gasteiger partial charge in [0.2, 0.25) is 0 Å². The third-order valence-corrected chi connectivity index (χ3v) is 3.99. The molecule has 0 fully saturated rings. The zero-order chi connectivity index (χ0) is 14.4. The molecule has 7 heteroatoms. The summed E-state index contributed by atoms with van der Waals surface area (Å²) in [6, 6.07) is 4.52. The molecule has 0 amide bonds. The van der Waals surface area contributed by atoms with Gasteiger partial charge in [-0.3, -0.25) is 19.7 Å². The quantitative estimate of drug-likeness (QED) is 0.614. The Kier molecular flexibility index (Phi) is 6.04. The first-order chi connectivity index (χ1) is 8.90. The third-order valence-electron chi connectivity index (χ3n) is 2.26. The number of nitrogens with zero attached hydrogens (tertiary/aromatic N) is 1. The maximum absolute atomic E-state index is 11.0. The number of non-ortho nitro benzene ring substituents is 1. The van der Waals surface area contributed by atoms with Crippen molar-refractivity contribution in [3.05, 3.63) is 39.4 Å². The van der Waals surface area contributed by atoms with Crippen LogP contribution in [0.1, 0.15) is 25.0 Å². The van der Waals surface area contributed by atoms with Crippen LogP contribution in [0.15, 0.2) is 18.2 Å². The predicted octanol–water partition coefficient (Wildman–Crippen LogP) is 3.15. The molecule has 0 aromatic heterocycles. The van der Waals surface area contributed by atoms with Crippen LogP contribution in [0, 0.1) is 10.1 Å². The lowest BCUT2D eigenvalue weighted by Crippen LogP contribution is -1.97. The Morgan fingerprint density at radius 1 is 1.11 bits per heavy atom. The van der Waals surface area contributed by atoms with Gasteiger partial charge in [0.1, 0.15) is 0 Å². The van der Waals surface area contributed by atoms with Gasteiger partial charge < -0.3 is 0 Å². The van der Waals surface area contributed by atoms with Crippen molar-refractivity contribution in [2.45, 2.75) is 25.4 Å². The molecule has 0 aliphatic carbocycles. The van der Waals surface area contributed by atoms with E-state index in [4.69, 9.17) is 0 Å². The molecular formula is C12H13NO4S2. The molecule has 1 aromatic carbocycles. The van der Waals surface area contributed by atoms with Crippen LogP contribution < -0.4 is 0 Å². The second kappa shape index (κ2) is 7.30. The van der Waals surface area contributed by atoms with Gasteiger partial charge in [-0.05, 0) is 11.1 Å². The van der Waals surface area contributed by atoms with Gasteiger partial charge in [0.15, 0.2) is 10.2 Å². The Balaban J connectivity index is 2.96. The summed E-state index contributed by atoms with van der Waals surface area (Å²) in [4.78, 5) is 32.2. The monoisotopic (exact) mass is 299 g/mol. The molecule has 0 spiro atoms. The smallest absolute Gasteiger partial charge is 0.269 e. The topological polar surface area (TPSA) is 77.3 Å². The first-order valence-corrected chi connectivity index (χ1v) is 7.40. The number of nitro groups is 1. The van der Waals surface area contributed by atoms with E-state index < -0.39 is 4.92 Å². The standard InChI is InChI=1S/C12H13NO4S2/c1-8(14)18-6-10-3-4-12(13(16)17)5-11(10)7-19-9(2)15/h3-5H,6-7H2,1-2H3. The summed E-state index contributed by atoms with van der Waals surface area (Å²) in [7, 11) is 0. The van der Waals surface area contributed by atoms with Gasteiger partial charge in [0.05, 0.1) is 4.92 Å². The number of benzene rings is 1. The lowest BCUT2D eigenvalue weighted by atomic mass is 10.1. The summed E-state index contributed by atoms with van der Waals surface area (Å²) < 4.78 is 0. The van der Waals surface area contributed by atoms with Crippen molar-refractivity contribution >= 4 is 39.4 Å². The minimum atomic E-state index is -0.468. The minimum absolute atomic E-state index is 0.00396. The van der Waals surface area contributed by atoms with Crippen molar-refractivity contribution in [2.24, 2.45) is 0 Å². The molecule has 0 aliphatic heterocycles. The van der Waals surface area contributed by atoms with E-state index in [0.717, 1.165) is 34.7 Å².